The molecule has 154 valence electrons. The molecule has 0 bridgehead atoms. The van der Waals surface area contributed by atoms with Crippen molar-refractivity contribution in [3.63, 3.8) is 0 Å². The summed E-state index contributed by atoms with van der Waals surface area (Å²) < 4.78 is 0. The minimum atomic E-state index is -0.116. The van der Waals surface area contributed by atoms with Crippen molar-refractivity contribution < 1.29 is 4.79 Å². The molecule has 4 rings (SSSR count). The minimum Gasteiger partial charge on any atom is -0.374 e. The topological polar surface area (TPSA) is 61.4 Å². The maximum atomic E-state index is 12.4. The van der Waals surface area contributed by atoms with E-state index in [1.807, 2.05) is 6.92 Å². The normalized spacial score (nSPS) is 20.1. The molecule has 2 aliphatic heterocycles. The van der Waals surface area contributed by atoms with Gasteiger partial charge in [-0.05, 0) is 62.8 Å². The number of hydrogen-bond acceptors (Lipinski definition) is 5. The number of carbonyl (C=O) groups excluding carboxylic acids is 1. The summed E-state index contributed by atoms with van der Waals surface area (Å²) >= 11 is 0. The van der Waals surface area contributed by atoms with Crippen molar-refractivity contribution >= 4 is 11.6 Å². The van der Waals surface area contributed by atoms with E-state index >= 15 is 0 Å². The number of benzene rings is 1. The number of rotatable bonds is 4. The van der Waals surface area contributed by atoms with Gasteiger partial charge in [-0.1, -0.05) is 12.1 Å². The highest BCUT2D eigenvalue weighted by molar-refractivity contribution is 5.92. The monoisotopic (exact) mass is 393 g/mol. The lowest BCUT2D eigenvalue weighted by molar-refractivity contribution is 0.0927. The molecule has 1 saturated heterocycles. The summed E-state index contributed by atoms with van der Waals surface area (Å²) in [5.74, 6) is -0.116. The molecule has 1 aromatic heterocycles. The Balaban J connectivity index is 1.32. The Kier molecular flexibility index (Phi) is 6.09. The van der Waals surface area contributed by atoms with E-state index in [-0.39, 0.29) is 11.9 Å². The molecule has 0 unspecified atom stereocenters. The van der Waals surface area contributed by atoms with E-state index in [1.54, 1.807) is 12.4 Å². The third-order valence-corrected chi connectivity index (χ3v) is 6.07. The fourth-order valence-corrected chi connectivity index (χ4v) is 4.42. The predicted molar refractivity (Wildman–Crippen MR) is 115 cm³/mol. The van der Waals surface area contributed by atoms with Gasteiger partial charge in [-0.15, -0.1) is 0 Å². The summed E-state index contributed by atoms with van der Waals surface area (Å²) in [4.78, 5) is 25.7. The fraction of sp³-hybridized carbons (Fsp3) is 0.522. The summed E-state index contributed by atoms with van der Waals surface area (Å²) in [5, 5.41) is 3.15. The first-order valence-electron chi connectivity index (χ1n) is 10.7. The first kappa shape index (κ1) is 19.8. The van der Waals surface area contributed by atoms with Crippen LogP contribution in [0.3, 0.4) is 0 Å². The number of fused-ring (bicyclic) bond motifs is 1. The van der Waals surface area contributed by atoms with E-state index in [1.165, 1.54) is 29.7 Å². The van der Waals surface area contributed by atoms with Crippen LogP contribution in [0.15, 0.2) is 30.6 Å². The molecular formula is C23H31N5O. The van der Waals surface area contributed by atoms with Crippen LogP contribution in [-0.2, 0) is 13.0 Å². The number of aryl methyl sites for hydroxylation is 2. The number of amides is 1. The number of likely N-dealkylation sites (tertiary alicyclic amines) is 1. The summed E-state index contributed by atoms with van der Waals surface area (Å²) in [5.41, 5.74) is 5.49. The van der Waals surface area contributed by atoms with Gasteiger partial charge in [0.15, 0.2) is 0 Å². The molecular weight excluding hydrogens is 362 g/mol. The molecule has 0 radical (unpaired) electrons. The zero-order valence-electron chi connectivity index (χ0n) is 17.5. The molecule has 1 atom stereocenters. The Hall–Kier alpha value is -2.47. The number of anilines is 1. The zero-order chi connectivity index (χ0) is 20.2. The predicted octanol–water partition coefficient (Wildman–Crippen LogP) is 2.95. The van der Waals surface area contributed by atoms with Crippen molar-refractivity contribution in [2.45, 2.75) is 51.6 Å². The first-order valence-corrected chi connectivity index (χ1v) is 10.7. The van der Waals surface area contributed by atoms with Gasteiger partial charge >= 0.3 is 0 Å². The highest BCUT2D eigenvalue weighted by Crippen LogP contribution is 2.27. The largest absolute Gasteiger partial charge is 0.374 e. The van der Waals surface area contributed by atoms with Gasteiger partial charge in [0, 0.05) is 44.6 Å². The molecule has 6 nitrogen and oxygen atoms in total. The van der Waals surface area contributed by atoms with Crippen molar-refractivity contribution in [2.75, 3.05) is 31.6 Å². The molecule has 6 heteroatoms. The van der Waals surface area contributed by atoms with Crippen LogP contribution in [0.25, 0.3) is 0 Å². The van der Waals surface area contributed by atoms with Crippen LogP contribution in [0.4, 0.5) is 5.69 Å². The van der Waals surface area contributed by atoms with E-state index < -0.39 is 0 Å². The Labute approximate surface area is 173 Å². The SMILES string of the molecule is Cc1cnc(C(=O)N[C@H]2CCCN(Cc3ccc4c(c3)CCCN4C)CC2)cn1. The Bertz CT molecular complexity index is 851. The van der Waals surface area contributed by atoms with Crippen LogP contribution >= 0.6 is 0 Å². The average Bonchev–Trinajstić information content (AvgIpc) is 2.94. The van der Waals surface area contributed by atoms with Gasteiger partial charge in [0.25, 0.3) is 5.91 Å². The average molecular weight is 394 g/mol. The number of aromatic nitrogens is 2. The van der Waals surface area contributed by atoms with Crippen LogP contribution in [0, 0.1) is 6.92 Å². The lowest BCUT2D eigenvalue weighted by atomic mass is 9.99. The van der Waals surface area contributed by atoms with Crippen molar-refractivity contribution in [1.29, 1.82) is 0 Å². The summed E-state index contributed by atoms with van der Waals surface area (Å²) in [6.45, 7) is 6.09. The van der Waals surface area contributed by atoms with Crippen LogP contribution < -0.4 is 10.2 Å². The van der Waals surface area contributed by atoms with Gasteiger partial charge in [0.1, 0.15) is 5.69 Å². The van der Waals surface area contributed by atoms with Gasteiger partial charge in [-0.2, -0.15) is 0 Å². The van der Waals surface area contributed by atoms with Crippen molar-refractivity contribution in [1.82, 2.24) is 20.2 Å². The maximum Gasteiger partial charge on any atom is 0.271 e. The van der Waals surface area contributed by atoms with E-state index in [9.17, 15) is 4.79 Å². The minimum absolute atomic E-state index is 0.116. The summed E-state index contributed by atoms with van der Waals surface area (Å²) in [7, 11) is 2.18. The lowest BCUT2D eigenvalue weighted by Gasteiger charge is -2.28. The van der Waals surface area contributed by atoms with E-state index in [4.69, 9.17) is 0 Å². The van der Waals surface area contributed by atoms with E-state index in [0.717, 1.165) is 51.1 Å². The fourth-order valence-electron chi connectivity index (χ4n) is 4.42. The Morgan fingerprint density at radius 1 is 1.14 bits per heavy atom. The van der Waals surface area contributed by atoms with Crippen LogP contribution in [0.1, 0.15) is 53.0 Å². The first-order chi connectivity index (χ1) is 14.1. The van der Waals surface area contributed by atoms with Gasteiger partial charge in [-0.25, -0.2) is 4.98 Å². The number of nitrogens with zero attached hydrogens (tertiary/aromatic N) is 4. The second-order valence-electron chi connectivity index (χ2n) is 8.41. The standard InChI is InChI=1S/C23H31N5O/c1-17-14-25-21(15-24-17)23(29)26-20-6-4-11-28(12-9-20)16-18-7-8-22-19(13-18)5-3-10-27(22)2/h7-8,13-15,20H,3-6,9-12,16H2,1-2H3,(H,26,29)/t20-/m0/s1. The van der Waals surface area contributed by atoms with Crippen LogP contribution in [0.2, 0.25) is 0 Å². The molecule has 1 N–H and O–H groups in total. The third-order valence-electron chi connectivity index (χ3n) is 6.07. The number of nitrogens with one attached hydrogen (secondary N) is 1. The molecule has 1 amide bonds. The molecule has 3 heterocycles. The highest BCUT2D eigenvalue weighted by Gasteiger charge is 2.21. The molecule has 1 fully saturated rings. The highest BCUT2D eigenvalue weighted by atomic mass is 16.1. The van der Waals surface area contributed by atoms with Gasteiger partial charge < -0.3 is 10.2 Å². The number of carbonyl (C=O) groups is 1. The molecule has 0 aliphatic carbocycles. The third kappa shape index (κ3) is 4.93. The number of hydrogen-bond donors (Lipinski definition) is 1. The van der Waals surface area contributed by atoms with Gasteiger partial charge in [0.05, 0.1) is 11.9 Å². The molecule has 0 saturated carbocycles. The summed E-state index contributed by atoms with van der Waals surface area (Å²) in [6.07, 6.45) is 8.70. The van der Waals surface area contributed by atoms with E-state index in [2.05, 4.69) is 50.3 Å². The van der Waals surface area contributed by atoms with Gasteiger partial charge in [-0.3, -0.25) is 14.7 Å². The van der Waals surface area contributed by atoms with Crippen LogP contribution in [-0.4, -0.2) is 53.5 Å². The maximum absolute atomic E-state index is 12.4. The van der Waals surface area contributed by atoms with Crippen molar-refractivity contribution in [2.24, 2.45) is 0 Å². The van der Waals surface area contributed by atoms with Crippen LogP contribution in [0.5, 0.6) is 0 Å². The smallest absolute Gasteiger partial charge is 0.271 e. The quantitative estimate of drug-likeness (QED) is 0.865. The van der Waals surface area contributed by atoms with E-state index in [0.29, 0.717) is 5.69 Å². The molecule has 2 aliphatic rings. The molecule has 1 aromatic carbocycles. The zero-order valence-corrected chi connectivity index (χ0v) is 17.5. The molecule has 29 heavy (non-hydrogen) atoms. The lowest BCUT2D eigenvalue weighted by Crippen LogP contribution is -2.36. The Morgan fingerprint density at radius 3 is 2.86 bits per heavy atom. The van der Waals surface area contributed by atoms with Gasteiger partial charge in [0.2, 0.25) is 0 Å². The van der Waals surface area contributed by atoms with Crippen molar-refractivity contribution in [3.05, 3.63) is 53.1 Å². The van der Waals surface area contributed by atoms with Crippen molar-refractivity contribution in [3.8, 4) is 0 Å². The second-order valence-corrected chi connectivity index (χ2v) is 8.41. The Morgan fingerprint density at radius 2 is 2.03 bits per heavy atom. The second kappa shape index (κ2) is 8.91. The molecule has 0 spiro atoms. The summed E-state index contributed by atoms with van der Waals surface area (Å²) in [6, 6.07) is 7.16. The molecule has 2 aromatic rings.